The Labute approximate surface area is 144 Å². The van der Waals surface area contributed by atoms with Gasteiger partial charge < -0.3 is 24.7 Å². The summed E-state index contributed by atoms with van der Waals surface area (Å²) in [6.07, 6.45) is 0. The summed E-state index contributed by atoms with van der Waals surface area (Å²) in [4.78, 5) is 0. The highest BCUT2D eigenvalue weighted by Gasteiger charge is 2.36. The minimum Gasteiger partial charge on any atom is -0.497 e. The van der Waals surface area contributed by atoms with Gasteiger partial charge in [0, 0.05) is 18.7 Å². The van der Waals surface area contributed by atoms with Crippen molar-refractivity contribution in [3.63, 3.8) is 0 Å². The summed E-state index contributed by atoms with van der Waals surface area (Å²) >= 11 is 0. The second kappa shape index (κ2) is 6.75. The lowest BCUT2D eigenvalue weighted by molar-refractivity contribution is 0.180. The van der Waals surface area contributed by atoms with E-state index in [1.54, 1.807) is 33.5 Å². The molecule has 1 aliphatic heterocycles. The van der Waals surface area contributed by atoms with Gasteiger partial charge in [-0.25, -0.2) is 0 Å². The van der Waals surface area contributed by atoms with Gasteiger partial charge in [-0.1, -0.05) is 6.07 Å². The second-order valence-corrected chi connectivity index (χ2v) is 5.39. The maximum atomic E-state index is 9.65. The molecular formula is C17H18N4O4. The fourth-order valence-electron chi connectivity index (χ4n) is 2.93. The Bertz CT molecular complexity index is 866. The highest BCUT2D eigenvalue weighted by atomic mass is 16.5. The van der Waals surface area contributed by atoms with Gasteiger partial charge in [0.1, 0.15) is 23.1 Å². The van der Waals surface area contributed by atoms with E-state index in [1.807, 2.05) is 6.07 Å². The van der Waals surface area contributed by atoms with E-state index >= 15 is 0 Å². The minimum atomic E-state index is -0.487. The van der Waals surface area contributed by atoms with Crippen molar-refractivity contribution >= 4 is 0 Å². The molecule has 0 saturated heterocycles. The quantitative estimate of drug-likeness (QED) is 0.851. The molecule has 1 aromatic heterocycles. The molecule has 0 bridgehead atoms. The molecule has 0 radical (unpaired) electrons. The van der Waals surface area contributed by atoms with E-state index in [9.17, 15) is 5.26 Å². The van der Waals surface area contributed by atoms with E-state index in [1.165, 1.54) is 0 Å². The first-order valence-corrected chi connectivity index (χ1v) is 7.50. The number of nitriles is 1. The fourth-order valence-corrected chi connectivity index (χ4v) is 2.93. The number of benzene rings is 1. The number of aromatic amines is 1. The maximum Gasteiger partial charge on any atom is 0.244 e. The Morgan fingerprint density at radius 1 is 1.32 bits per heavy atom. The molecule has 1 aromatic carbocycles. The van der Waals surface area contributed by atoms with Crippen molar-refractivity contribution in [3.05, 3.63) is 46.5 Å². The molecule has 8 heteroatoms. The summed E-state index contributed by atoms with van der Waals surface area (Å²) in [5, 5.41) is 16.7. The Morgan fingerprint density at radius 3 is 2.76 bits per heavy atom. The Kier molecular flexibility index (Phi) is 4.50. The summed E-state index contributed by atoms with van der Waals surface area (Å²) in [7, 11) is 4.71. The van der Waals surface area contributed by atoms with Crippen molar-refractivity contribution in [2.75, 3.05) is 21.3 Å². The third-order valence-corrected chi connectivity index (χ3v) is 4.06. The lowest BCUT2D eigenvalue weighted by atomic mass is 9.83. The van der Waals surface area contributed by atoms with Crippen LogP contribution in [0.2, 0.25) is 0 Å². The van der Waals surface area contributed by atoms with Gasteiger partial charge in [0.05, 0.1) is 38.0 Å². The van der Waals surface area contributed by atoms with Crippen LogP contribution < -0.4 is 19.9 Å². The van der Waals surface area contributed by atoms with E-state index in [0.717, 1.165) is 5.56 Å². The van der Waals surface area contributed by atoms with Crippen LogP contribution in [0, 0.1) is 11.3 Å². The van der Waals surface area contributed by atoms with Gasteiger partial charge in [0.2, 0.25) is 11.8 Å². The molecule has 3 N–H and O–H groups in total. The smallest absolute Gasteiger partial charge is 0.244 e. The number of allylic oxidation sites excluding steroid dienone is 1. The molecule has 1 atom stereocenters. The molecule has 0 spiro atoms. The standard InChI is InChI=1S/C17H18N4O4/c1-22-8-12-15-14(10-5-4-9(23-2)6-13(10)24-3)11(7-18)16(19)25-17(15)21-20-12/h4-6,14H,8,19H2,1-3H3,(H,20,21)/t14-/m0/s1. The average Bonchev–Trinajstić information content (AvgIpc) is 3.02. The van der Waals surface area contributed by atoms with Crippen LogP contribution in [-0.2, 0) is 11.3 Å². The number of methoxy groups -OCH3 is 3. The molecule has 1 aliphatic rings. The number of rotatable bonds is 5. The van der Waals surface area contributed by atoms with Gasteiger partial charge in [0.15, 0.2) is 0 Å². The summed E-state index contributed by atoms with van der Waals surface area (Å²) in [5.74, 6) is 1.08. The number of nitrogens with zero attached hydrogens (tertiary/aromatic N) is 2. The second-order valence-electron chi connectivity index (χ2n) is 5.39. The van der Waals surface area contributed by atoms with Crippen LogP contribution in [0.25, 0.3) is 0 Å². The van der Waals surface area contributed by atoms with Crippen LogP contribution in [-0.4, -0.2) is 31.5 Å². The number of fused-ring (bicyclic) bond motifs is 1. The number of nitrogens with two attached hydrogens (primary N) is 1. The Morgan fingerprint density at radius 2 is 2.12 bits per heavy atom. The highest BCUT2D eigenvalue weighted by Crippen LogP contribution is 2.46. The predicted molar refractivity (Wildman–Crippen MR) is 88.1 cm³/mol. The van der Waals surface area contributed by atoms with Crippen LogP contribution in [0.5, 0.6) is 17.4 Å². The van der Waals surface area contributed by atoms with Crippen LogP contribution >= 0.6 is 0 Å². The lowest BCUT2D eigenvalue weighted by Crippen LogP contribution is -2.21. The van der Waals surface area contributed by atoms with Crippen LogP contribution in [0.3, 0.4) is 0 Å². The number of ether oxygens (including phenoxy) is 4. The minimum absolute atomic E-state index is 0.0216. The zero-order chi connectivity index (χ0) is 18.0. The summed E-state index contributed by atoms with van der Waals surface area (Å²) in [6, 6.07) is 7.54. The van der Waals surface area contributed by atoms with E-state index in [-0.39, 0.29) is 11.5 Å². The molecule has 25 heavy (non-hydrogen) atoms. The third kappa shape index (κ3) is 2.75. The van der Waals surface area contributed by atoms with Crippen LogP contribution in [0.1, 0.15) is 22.7 Å². The Balaban J connectivity index is 2.23. The zero-order valence-corrected chi connectivity index (χ0v) is 14.1. The monoisotopic (exact) mass is 342 g/mol. The molecule has 2 aromatic rings. The number of aromatic nitrogens is 2. The number of hydrogen-bond acceptors (Lipinski definition) is 7. The topological polar surface area (TPSA) is 115 Å². The summed E-state index contributed by atoms with van der Waals surface area (Å²) in [6.45, 7) is 0.291. The average molecular weight is 342 g/mol. The van der Waals surface area contributed by atoms with Crippen molar-refractivity contribution < 1.29 is 18.9 Å². The molecular weight excluding hydrogens is 324 g/mol. The van der Waals surface area contributed by atoms with E-state index in [4.69, 9.17) is 24.7 Å². The third-order valence-electron chi connectivity index (χ3n) is 4.06. The van der Waals surface area contributed by atoms with Crippen molar-refractivity contribution in [2.24, 2.45) is 5.73 Å². The van der Waals surface area contributed by atoms with E-state index < -0.39 is 5.92 Å². The lowest BCUT2D eigenvalue weighted by Gasteiger charge is -2.25. The first-order chi connectivity index (χ1) is 12.1. The molecule has 0 fully saturated rings. The highest BCUT2D eigenvalue weighted by molar-refractivity contribution is 5.59. The number of hydrogen-bond donors (Lipinski definition) is 2. The van der Waals surface area contributed by atoms with Crippen molar-refractivity contribution in [2.45, 2.75) is 12.5 Å². The molecule has 130 valence electrons. The molecule has 0 aliphatic carbocycles. The summed E-state index contributed by atoms with van der Waals surface area (Å²) < 4.78 is 21.5. The maximum absolute atomic E-state index is 9.65. The largest absolute Gasteiger partial charge is 0.497 e. The molecule has 2 heterocycles. The van der Waals surface area contributed by atoms with E-state index in [2.05, 4.69) is 16.3 Å². The van der Waals surface area contributed by atoms with Crippen molar-refractivity contribution in [1.29, 1.82) is 5.26 Å². The van der Waals surface area contributed by atoms with Gasteiger partial charge in [-0.05, 0) is 6.07 Å². The van der Waals surface area contributed by atoms with Gasteiger partial charge in [-0.2, -0.15) is 5.26 Å². The van der Waals surface area contributed by atoms with Gasteiger partial charge in [-0.15, -0.1) is 5.10 Å². The predicted octanol–water partition coefficient (Wildman–Crippen LogP) is 1.79. The van der Waals surface area contributed by atoms with Crippen molar-refractivity contribution in [1.82, 2.24) is 10.2 Å². The number of H-pyrrole nitrogens is 1. The first kappa shape index (κ1) is 16.7. The number of nitrogens with one attached hydrogen (secondary N) is 1. The Hall–Kier alpha value is -3.18. The zero-order valence-electron chi connectivity index (χ0n) is 14.1. The van der Waals surface area contributed by atoms with Crippen molar-refractivity contribution in [3.8, 4) is 23.4 Å². The first-order valence-electron chi connectivity index (χ1n) is 7.50. The van der Waals surface area contributed by atoms with Gasteiger partial charge >= 0.3 is 0 Å². The van der Waals surface area contributed by atoms with Gasteiger partial charge in [-0.3, -0.25) is 5.10 Å². The van der Waals surface area contributed by atoms with Crippen LogP contribution in [0.15, 0.2) is 29.7 Å². The summed E-state index contributed by atoms with van der Waals surface area (Å²) in [5.41, 5.74) is 8.40. The molecule has 8 nitrogen and oxygen atoms in total. The normalized spacial score (nSPS) is 16.0. The molecule has 0 unspecified atom stereocenters. The van der Waals surface area contributed by atoms with E-state index in [0.29, 0.717) is 35.2 Å². The molecule has 3 rings (SSSR count). The van der Waals surface area contributed by atoms with Gasteiger partial charge in [0.25, 0.3) is 0 Å². The van der Waals surface area contributed by atoms with Crippen LogP contribution in [0.4, 0.5) is 0 Å². The SMILES string of the molecule is COCc1[nH]nc2c1[C@@H](c1ccc(OC)cc1OC)C(C#N)=C(N)O2. The molecule has 0 saturated carbocycles. The fraction of sp³-hybridized carbons (Fsp3) is 0.294. The molecule has 0 amide bonds.